The molecule has 24 heavy (non-hydrogen) atoms. The summed E-state index contributed by atoms with van der Waals surface area (Å²) in [5.41, 5.74) is 3.79. The lowest BCUT2D eigenvalue weighted by atomic mass is 10.1. The third-order valence-electron chi connectivity index (χ3n) is 4.39. The number of rotatable bonds is 2. The van der Waals surface area contributed by atoms with E-state index in [1.54, 1.807) is 4.57 Å². The lowest BCUT2D eigenvalue weighted by Gasteiger charge is -2.14. The predicted octanol–water partition coefficient (Wildman–Crippen LogP) is 3.37. The maximum Gasteiger partial charge on any atom is 0.267 e. The summed E-state index contributed by atoms with van der Waals surface area (Å²) in [4.78, 5) is 13.2. The Bertz CT molecular complexity index is 1140. The molecule has 4 rings (SSSR count). The molecule has 0 spiro atoms. The van der Waals surface area contributed by atoms with Gasteiger partial charge in [0.15, 0.2) is 5.16 Å². The lowest BCUT2D eigenvalue weighted by molar-refractivity contribution is 0.930. The minimum absolute atomic E-state index is 0.0770. The van der Waals surface area contributed by atoms with Crippen molar-refractivity contribution in [3.63, 3.8) is 0 Å². The average molecular weight is 336 g/mol. The zero-order chi connectivity index (χ0) is 16.8. The largest absolute Gasteiger partial charge is 0.268 e. The van der Waals surface area contributed by atoms with Crippen molar-refractivity contribution >= 4 is 28.4 Å². The van der Waals surface area contributed by atoms with Crippen molar-refractivity contribution in [2.45, 2.75) is 19.0 Å². The van der Waals surface area contributed by atoms with E-state index in [-0.39, 0.29) is 5.56 Å². The first-order valence-electron chi connectivity index (χ1n) is 7.63. The number of nitrogens with zero attached hydrogens (tertiary/aromatic N) is 4. The first kappa shape index (κ1) is 15.0. The second-order valence-electron chi connectivity index (χ2n) is 5.70. The van der Waals surface area contributed by atoms with E-state index >= 15 is 0 Å². The van der Waals surface area contributed by atoms with Crippen LogP contribution in [-0.2, 0) is 0 Å². The van der Waals surface area contributed by atoms with Crippen LogP contribution in [-0.4, -0.2) is 25.4 Å². The highest BCUT2D eigenvalue weighted by Crippen LogP contribution is 2.23. The highest BCUT2D eigenvalue weighted by atomic mass is 32.2. The number of aryl methyl sites for hydroxylation is 1. The number of thioether (sulfide) groups is 1. The van der Waals surface area contributed by atoms with E-state index in [2.05, 4.69) is 10.2 Å². The fourth-order valence-corrected chi connectivity index (χ4v) is 3.49. The summed E-state index contributed by atoms with van der Waals surface area (Å²) in [6.45, 7) is 4.06. The highest BCUT2D eigenvalue weighted by molar-refractivity contribution is 7.98. The lowest BCUT2D eigenvalue weighted by Crippen LogP contribution is -2.22. The molecule has 0 unspecified atom stereocenters. The first-order chi connectivity index (χ1) is 11.6. The monoisotopic (exact) mass is 336 g/mol. The van der Waals surface area contributed by atoms with Gasteiger partial charge in [0, 0.05) is 0 Å². The molecule has 0 aliphatic rings. The molecule has 0 bridgehead atoms. The minimum Gasteiger partial charge on any atom is -0.268 e. The zero-order valence-electron chi connectivity index (χ0n) is 13.6. The van der Waals surface area contributed by atoms with Gasteiger partial charge >= 0.3 is 0 Å². The SMILES string of the molecule is CSc1nnc2n(-c3cccc(C)c3C)c(=O)c3ccccc3n12. The van der Waals surface area contributed by atoms with E-state index in [4.69, 9.17) is 0 Å². The minimum atomic E-state index is -0.0770. The summed E-state index contributed by atoms with van der Waals surface area (Å²) in [6, 6.07) is 13.5. The van der Waals surface area contributed by atoms with Gasteiger partial charge in [-0.1, -0.05) is 36.0 Å². The number of hydrogen-bond acceptors (Lipinski definition) is 4. The van der Waals surface area contributed by atoms with Gasteiger partial charge in [-0.05, 0) is 49.4 Å². The maximum absolute atomic E-state index is 13.2. The van der Waals surface area contributed by atoms with Crippen LogP contribution in [0.15, 0.2) is 52.4 Å². The molecule has 0 radical (unpaired) electrons. The number of hydrogen-bond donors (Lipinski definition) is 0. The van der Waals surface area contributed by atoms with Gasteiger partial charge in [-0.15, -0.1) is 10.2 Å². The van der Waals surface area contributed by atoms with Gasteiger partial charge in [0.25, 0.3) is 5.56 Å². The van der Waals surface area contributed by atoms with Crippen molar-refractivity contribution in [2.75, 3.05) is 6.26 Å². The second-order valence-corrected chi connectivity index (χ2v) is 6.47. The van der Waals surface area contributed by atoms with Crippen LogP contribution in [0.2, 0.25) is 0 Å². The predicted molar refractivity (Wildman–Crippen MR) is 97.3 cm³/mol. The molecule has 0 N–H and O–H groups in total. The third-order valence-corrected chi connectivity index (χ3v) is 5.02. The molecule has 0 saturated heterocycles. The van der Waals surface area contributed by atoms with Gasteiger partial charge in [-0.25, -0.2) is 4.57 Å². The quantitative estimate of drug-likeness (QED) is 0.527. The van der Waals surface area contributed by atoms with Gasteiger partial charge in [-0.3, -0.25) is 9.20 Å². The van der Waals surface area contributed by atoms with Crippen LogP contribution in [0.5, 0.6) is 0 Å². The fourth-order valence-electron chi connectivity index (χ4n) is 3.01. The van der Waals surface area contributed by atoms with Crippen LogP contribution in [0.3, 0.4) is 0 Å². The Balaban J connectivity index is 2.27. The molecule has 0 aliphatic carbocycles. The third kappa shape index (κ3) is 1.99. The van der Waals surface area contributed by atoms with Gasteiger partial charge < -0.3 is 0 Å². The van der Waals surface area contributed by atoms with Crippen molar-refractivity contribution in [3.05, 3.63) is 63.9 Å². The summed E-state index contributed by atoms with van der Waals surface area (Å²) in [7, 11) is 0. The molecular weight excluding hydrogens is 320 g/mol. The molecule has 6 heteroatoms. The Labute approximate surface area is 143 Å². The molecule has 0 fully saturated rings. The molecule has 0 aliphatic heterocycles. The van der Waals surface area contributed by atoms with Gasteiger partial charge in [0.2, 0.25) is 5.78 Å². The van der Waals surface area contributed by atoms with Crippen LogP contribution in [0.4, 0.5) is 0 Å². The van der Waals surface area contributed by atoms with Gasteiger partial charge in [-0.2, -0.15) is 0 Å². The molecule has 4 aromatic rings. The van der Waals surface area contributed by atoms with Crippen LogP contribution in [0, 0.1) is 13.8 Å². The average Bonchev–Trinajstić information content (AvgIpc) is 3.02. The molecule has 0 amide bonds. The normalized spacial score (nSPS) is 11.5. The van der Waals surface area contributed by atoms with Crippen molar-refractivity contribution in [1.29, 1.82) is 0 Å². The molecular formula is C18H16N4OS. The van der Waals surface area contributed by atoms with Crippen molar-refractivity contribution < 1.29 is 0 Å². The van der Waals surface area contributed by atoms with Crippen molar-refractivity contribution in [1.82, 2.24) is 19.2 Å². The summed E-state index contributed by atoms with van der Waals surface area (Å²) in [6.07, 6.45) is 1.96. The van der Waals surface area contributed by atoms with E-state index in [9.17, 15) is 4.79 Å². The summed E-state index contributed by atoms with van der Waals surface area (Å²) in [5.74, 6) is 0.539. The smallest absolute Gasteiger partial charge is 0.267 e. The number of para-hydroxylation sites is 1. The number of benzene rings is 2. The van der Waals surface area contributed by atoms with Crippen LogP contribution >= 0.6 is 11.8 Å². The second kappa shape index (κ2) is 5.49. The van der Waals surface area contributed by atoms with E-state index in [0.717, 1.165) is 27.5 Å². The molecule has 2 heterocycles. The molecule has 120 valence electrons. The Kier molecular flexibility index (Phi) is 3.42. The molecule has 2 aromatic heterocycles. The molecule has 5 nitrogen and oxygen atoms in total. The van der Waals surface area contributed by atoms with Crippen molar-refractivity contribution in [2.24, 2.45) is 0 Å². The summed E-state index contributed by atoms with van der Waals surface area (Å²) < 4.78 is 3.61. The summed E-state index contributed by atoms with van der Waals surface area (Å²) >= 11 is 1.51. The maximum atomic E-state index is 13.2. The van der Waals surface area contributed by atoms with E-state index in [1.807, 2.05) is 67.0 Å². The fraction of sp³-hybridized carbons (Fsp3) is 0.167. The topological polar surface area (TPSA) is 52.2 Å². The Morgan fingerprint density at radius 3 is 2.58 bits per heavy atom. The first-order valence-corrected chi connectivity index (χ1v) is 8.85. The van der Waals surface area contributed by atoms with E-state index < -0.39 is 0 Å². The standard InChI is InChI=1S/C18H16N4OS/c1-11-7-6-10-14(12(11)2)21-16(23)13-8-4-5-9-15(13)22-17(21)19-20-18(22)24-3/h4-10H,1-3H3. The molecule has 0 atom stereocenters. The van der Waals surface area contributed by atoms with Crippen LogP contribution in [0.1, 0.15) is 11.1 Å². The van der Waals surface area contributed by atoms with Crippen molar-refractivity contribution in [3.8, 4) is 5.69 Å². The van der Waals surface area contributed by atoms with E-state index in [1.165, 1.54) is 11.8 Å². The van der Waals surface area contributed by atoms with Crippen LogP contribution in [0.25, 0.3) is 22.4 Å². The summed E-state index contributed by atoms with van der Waals surface area (Å²) in [5, 5.41) is 9.98. The van der Waals surface area contributed by atoms with Crippen LogP contribution < -0.4 is 5.56 Å². The Morgan fingerprint density at radius 2 is 1.79 bits per heavy atom. The molecule has 0 saturated carbocycles. The number of aromatic nitrogens is 4. The Hall–Kier alpha value is -2.60. The molecule has 2 aromatic carbocycles. The van der Waals surface area contributed by atoms with E-state index in [0.29, 0.717) is 11.2 Å². The number of fused-ring (bicyclic) bond motifs is 3. The highest BCUT2D eigenvalue weighted by Gasteiger charge is 2.18. The van der Waals surface area contributed by atoms with Gasteiger partial charge in [0.05, 0.1) is 16.6 Å². The van der Waals surface area contributed by atoms with Gasteiger partial charge in [0.1, 0.15) is 0 Å². The zero-order valence-corrected chi connectivity index (χ0v) is 14.5. The Morgan fingerprint density at radius 1 is 1.00 bits per heavy atom.